The molecule has 0 aliphatic carbocycles. The average Bonchev–Trinajstić information content (AvgIpc) is 3.38. The Morgan fingerprint density at radius 2 is 1.87 bits per heavy atom. The first-order valence-corrected chi connectivity index (χ1v) is 13.3. The molecule has 8 heteroatoms. The number of carbonyl (C=O) groups excluding carboxylic acids is 1. The van der Waals surface area contributed by atoms with Crippen molar-refractivity contribution in [2.45, 2.75) is 51.0 Å². The van der Waals surface area contributed by atoms with Gasteiger partial charge in [-0.15, -0.1) is 0 Å². The zero-order valence-electron chi connectivity index (χ0n) is 21.5. The first kappa shape index (κ1) is 25.9. The average molecular weight is 519 g/mol. The summed E-state index contributed by atoms with van der Waals surface area (Å²) in [7, 11) is 0. The zero-order valence-corrected chi connectivity index (χ0v) is 21.5. The second kappa shape index (κ2) is 11.7. The molecule has 1 fully saturated rings. The van der Waals surface area contributed by atoms with E-state index in [0.717, 1.165) is 51.1 Å². The molecule has 3 aromatic rings. The molecule has 38 heavy (non-hydrogen) atoms. The highest BCUT2D eigenvalue weighted by Crippen LogP contribution is 2.34. The summed E-state index contributed by atoms with van der Waals surface area (Å²) in [5.74, 6) is 0.450. The Kier molecular flexibility index (Phi) is 7.98. The van der Waals surface area contributed by atoms with Crippen molar-refractivity contribution in [3.8, 4) is 17.2 Å². The van der Waals surface area contributed by atoms with Crippen LogP contribution in [0.1, 0.15) is 59.8 Å². The molecule has 0 radical (unpaired) electrons. The Hall–Kier alpha value is -3.78. The van der Waals surface area contributed by atoms with Crippen LogP contribution < -0.4 is 20.6 Å². The van der Waals surface area contributed by atoms with Crippen LogP contribution in [0.15, 0.2) is 57.7 Å². The number of piperidine rings is 1. The number of likely N-dealkylation sites (tertiary alicyclic amines) is 1. The van der Waals surface area contributed by atoms with Gasteiger partial charge in [0.2, 0.25) is 17.1 Å². The third-order valence-corrected chi connectivity index (χ3v) is 7.25. The maximum Gasteiger partial charge on any atom is 0.227 e. The molecule has 1 atom stereocenters. The molecule has 5 rings (SSSR count). The summed E-state index contributed by atoms with van der Waals surface area (Å²) in [6.07, 6.45) is 5.01. The van der Waals surface area contributed by atoms with Crippen molar-refractivity contribution in [3.05, 3.63) is 87.0 Å². The van der Waals surface area contributed by atoms with Crippen LogP contribution in [0.5, 0.6) is 17.2 Å². The van der Waals surface area contributed by atoms with Gasteiger partial charge < -0.3 is 24.7 Å². The Morgan fingerprint density at radius 1 is 1.08 bits per heavy atom. The lowest BCUT2D eigenvalue weighted by Crippen LogP contribution is -2.29. The predicted octanol–water partition coefficient (Wildman–Crippen LogP) is 3.90. The van der Waals surface area contributed by atoms with Crippen molar-refractivity contribution in [3.63, 3.8) is 0 Å². The molecule has 1 aromatic heterocycles. The highest BCUT2D eigenvalue weighted by Gasteiger charge is 2.26. The van der Waals surface area contributed by atoms with E-state index in [9.17, 15) is 14.7 Å². The van der Waals surface area contributed by atoms with Crippen LogP contribution >= 0.6 is 0 Å². The van der Waals surface area contributed by atoms with E-state index in [2.05, 4.69) is 17.0 Å². The van der Waals surface area contributed by atoms with Gasteiger partial charge >= 0.3 is 0 Å². The maximum absolute atomic E-state index is 12.6. The fourth-order valence-corrected chi connectivity index (χ4v) is 5.25. The topological polar surface area (TPSA) is 115 Å². The summed E-state index contributed by atoms with van der Waals surface area (Å²) in [4.78, 5) is 26.8. The van der Waals surface area contributed by atoms with Gasteiger partial charge in [0.05, 0.1) is 25.7 Å². The molecule has 2 aromatic carbocycles. The SMILES string of the molecule is NC(=O)C[C@@H](c1ccc(OCCc2ccc3c(c2)CCO3)cc1)c1oc(CN2CCCCC2)cc(=O)c1O. The number of carbonyl (C=O) groups is 1. The molecule has 8 nitrogen and oxygen atoms in total. The number of rotatable bonds is 10. The lowest BCUT2D eigenvalue weighted by atomic mass is 9.92. The minimum absolute atomic E-state index is 0.0672. The van der Waals surface area contributed by atoms with Crippen molar-refractivity contribution in [1.82, 2.24) is 4.90 Å². The Bertz CT molecular complexity index is 1330. The molecule has 0 saturated carbocycles. The van der Waals surface area contributed by atoms with Gasteiger partial charge in [-0.1, -0.05) is 30.7 Å². The highest BCUT2D eigenvalue weighted by atomic mass is 16.5. The van der Waals surface area contributed by atoms with Crippen LogP contribution in [0, 0.1) is 0 Å². The summed E-state index contributed by atoms with van der Waals surface area (Å²) in [5.41, 5.74) is 8.16. The summed E-state index contributed by atoms with van der Waals surface area (Å²) in [5, 5.41) is 10.6. The smallest absolute Gasteiger partial charge is 0.227 e. The van der Waals surface area contributed by atoms with Gasteiger partial charge in [-0.05, 0) is 60.8 Å². The van der Waals surface area contributed by atoms with Crippen molar-refractivity contribution in [1.29, 1.82) is 0 Å². The normalized spacial score (nSPS) is 16.0. The number of amides is 1. The molecular formula is C30H34N2O6. The number of hydrogen-bond donors (Lipinski definition) is 2. The van der Waals surface area contributed by atoms with E-state index < -0.39 is 23.0 Å². The Balaban J connectivity index is 1.29. The summed E-state index contributed by atoms with van der Waals surface area (Å²) in [6.45, 7) is 3.61. The standard InChI is InChI=1S/C30H34N2O6/c31-28(34)18-25(30-29(35)26(33)17-24(38-30)19-32-12-2-1-3-13-32)21-5-7-23(8-6-21)36-14-10-20-4-9-27-22(16-20)11-15-37-27/h4-9,16-17,25,35H,1-3,10-15,18-19H2,(H2,31,34)/t25-/m0/s1. The van der Waals surface area contributed by atoms with Crippen LogP contribution in [0.3, 0.4) is 0 Å². The lowest BCUT2D eigenvalue weighted by molar-refractivity contribution is -0.118. The molecule has 1 amide bonds. The second-order valence-electron chi connectivity index (χ2n) is 10.1. The van der Waals surface area contributed by atoms with Gasteiger partial charge in [-0.25, -0.2) is 0 Å². The number of aromatic hydroxyl groups is 1. The summed E-state index contributed by atoms with van der Waals surface area (Å²) >= 11 is 0. The van der Waals surface area contributed by atoms with Crippen molar-refractivity contribution in [2.24, 2.45) is 5.73 Å². The molecule has 0 spiro atoms. The third-order valence-electron chi connectivity index (χ3n) is 7.25. The summed E-state index contributed by atoms with van der Waals surface area (Å²) < 4.78 is 17.6. The van der Waals surface area contributed by atoms with Crippen LogP contribution in [0.2, 0.25) is 0 Å². The van der Waals surface area contributed by atoms with Gasteiger partial charge in [0.1, 0.15) is 17.3 Å². The van der Waals surface area contributed by atoms with E-state index in [1.807, 2.05) is 30.3 Å². The molecule has 2 aliphatic rings. The van der Waals surface area contributed by atoms with Crippen LogP contribution in [0.4, 0.5) is 0 Å². The van der Waals surface area contributed by atoms with E-state index in [1.54, 1.807) is 0 Å². The van der Waals surface area contributed by atoms with Gasteiger partial charge in [-0.2, -0.15) is 0 Å². The molecule has 2 aliphatic heterocycles. The maximum atomic E-state index is 12.6. The minimum Gasteiger partial charge on any atom is -0.502 e. The van der Waals surface area contributed by atoms with Crippen LogP contribution in [0.25, 0.3) is 0 Å². The van der Waals surface area contributed by atoms with Crippen molar-refractivity contribution >= 4 is 5.91 Å². The highest BCUT2D eigenvalue weighted by molar-refractivity contribution is 5.75. The largest absolute Gasteiger partial charge is 0.502 e. The van der Waals surface area contributed by atoms with E-state index in [1.165, 1.54) is 23.6 Å². The molecule has 0 unspecified atom stereocenters. The number of primary amides is 1. The van der Waals surface area contributed by atoms with Gasteiger partial charge in [0.15, 0.2) is 5.76 Å². The quantitative estimate of drug-likeness (QED) is 0.418. The fraction of sp³-hybridized carbons (Fsp3) is 0.400. The van der Waals surface area contributed by atoms with Crippen molar-refractivity contribution in [2.75, 3.05) is 26.3 Å². The first-order valence-electron chi connectivity index (χ1n) is 13.3. The summed E-state index contributed by atoms with van der Waals surface area (Å²) in [6, 6.07) is 14.8. The molecule has 3 heterocycles. The Labute approximate surface area is 222 Å². The molecule has 0 bridgehead atoms. The lowest BCUT2D eigenvalue weighted by Gasteiger charge is -2.26. The number of hydrogen-bond acceptors (Lipinski definition) is 7. The van der Waals surface area contributed by atoms with E-state index in [4.69, 9.17) is 19.6 Å². The fourth-order valence-electron chi connectivity index (χ4n) is 5.25. The number of nitrogens with two attached hydrogens (primary N) is 1. The van der Waals surface area contributed by atoms with Gasteiger partial charge in [-0.3, -0.25) is 14.5 Å². The number of nitrogens with zero attached hydrogens (tertiary/aromatic N) is 1. The number of fused-ring (bicyclic) bond motifs is 1. The van der Waals surface area contributed by atoms with E-state index in [-0.39, 0.29) is 12.2 Å². The van der Waals surface area contributed by atoms with Crippen LogP contribution in [-0.2, 0) is 24.2 Å². The van der Waals surface area contributed by atoms with E-state index in [0.29, 0.717) is 30.2 Å². The molecular weight excluding hydrogens is 484 g/mol. The molecule has 200 valence electrons. The minimum atomic E-state index is -0.691. The number of benzene rings is 2. The monoisotopic (exact) mass is 518 g/mol. The zero-order chi connectivity index (χ0) is 26.5. The third kappa shape index (κ3) is 6.19. The molecule has 1 saturated heterocycles. The van der Waals surface area contributed by atoms with Gasteiger partial charge in [0.25, 0.3) is 0 Å². The predicted molar refractivity (Wildman–Crippen MR) is 143 cm³/mol. The molecule has 3 N–H and O–H groups in total. The van der Waals surface area contributed by atoms with E-state index >= 15 is 0 Å². The first-order chi connectivity index (χ1) is 18.5. The van der Waals surface area contributed by atoms with Crippen LogP contribution in [-0.4, -0.2) is 42.2 Å². The Morgan fingerprint density at radius 3 is 2.63 bits per heavy atom. The number of ether oxygens (including phenoxy) is 2. The van der Waals surface area contributed by atoms with Crippen molar-refractivity contribution < 1.29 is 23.8 Å². The second-order valence-corrected chi connectivity index (χ2v) is 10.1. The van der Waals surface area contributed by atoms with Gasteiger partial charge in [0, 0.05) is 25.3 Å².